The predicted molar refractivity (Wildman–Crippen MR) is 140 cm³/mol. The highest BCUT2D eigenvalue weighted by Gasteiger charge is 2.29. The first-order valence-electron chi connectivity index (χ1n) is 11.5. The van der Waals surface area contributed by atoms with Crippen molar-refractivity contribution in [3.05, 3.63) is 91.0 Å². The third-order valence-corrected chi connectivity index (χ3v) is 7.62. The van der Waals surface area contributed by atoms with Gasteiger partial charge in [-0.2, -0.15) is 9.40 Å². The van der Waals surface area contributed by atoms with Gasteiger partial charge in [-0.25, -0.2) is 13.1 Å². The SMILES string of the molecule is COc1ccc(-n2nc(-c3ccccc3)cc2NC(=O)CN(C(C)C)S(=O)(=O)c2ccccc2)cc1. The van der Waals surface area contributed by atoms with Gasteiger partial charge in [0.25, 0.3) is 0 Å². The molecule has 36 heavy (non-hydrogen) atoms. The number of hydrogen-bond acceptors (Lipinski definition) is 5. The minimum absolute atomic E-state index is 0.140. The van der Waals surface area contributed by atoms with Crippen LogP contribution < -0.4 is 10.1 Å². The second kappa shape index (κ2) is 10.8. The molecule has 1 heterocycles. The fourth-order valence-electron chi connectivity index (χ4n) is 3.74. The molecule has 186 valence electrons. The van der Waals surface area contributed by atoms with Crippen molar-refractivity contribution in [3.8, 4) is 22.7 Å². The van der Waals surface area contributed by atoms with E-state index in [0.29, 0.717) is 22.9 Å². The number of carbonyl (C=O) groups is 1. The van der Waals surface area contributed by atoms with Gasteiger partial charge in [-0.1, -0.05) is 48.5 Å². The van der Waals surface area contributed by atoms with Crippen molar-refractivity contribution < 1.29 is 17.9 Å². The first-order chi connectivity index (χ1) is 17.3. The van der Waals surface area contributed by atoms with Crippen LogP contribution in [-0.2, 0) is 14.8 Å². The molecule has 0 aliphatic carbocycles. The van der Waals surface area contributed by atoms with Gasteiger partial charge in [-0.05, 0) is 50.2 Å². The molecule has 0 atom stereocenters. The van der Waals surface area contributed by atoms with Crippen LogP contribution in [-0.4, -0.2) is 48.1 Å². The van der Waals surface area contributed by atoms with E-state index in [-0.39, 0.29) is 11.4 Å². The van der Waals surface area contributed by atoms with Crippen LogP contribution in [0.15, 0.2) is 95.9 Å². The van der Waals surface area contributed by atoms with E-state index >= 15 is 0 Å². The second-order valence-corrected chi connectivity index (χ2v) is 10.3. The largest absolute Gasteiger partial charge is 0.497 e. The highest BCUT2D eigenvalue weighted by Crippen LogP contribution is 2.26. The number of amides is 1. The topological polar surface area (TPSA) is 93.5 Å². The molecule has 0 bridgehead atoms. The van der Waals surface area contributed by atoms with E-state index in [1.807, 2.05) is 42.5 Å². The Bertz CT molecular complexity index is 1420. The summed E-state index contributed by atoms with van der Waals surface area (Å²) in [6, 6.07) is 26.3. The first-order valence-corrected chi connectivity index (χ1v) is 12.9. The number of methoxy groups -OCH3 is 1. The van der Waals surface area contributed by atoms with Gasteiger partial charge in [0, 0.05) is 17.7 Å². The Morgan fingerprint density at radius 1 is 0.972 bits per heavy atom. The van der Waals surface area contributed by atoms with Crippen molar-refractivity contribution in [2.24, 2.45) is 0 Å². The second-order valence-electron chi connectivity index (χ2n) is 8.40. The molecule has 0 saturated heterocycles. The molecule has 4 rings (SSSR count). The zero-order chi connectivity index (χ0) is 25.7. The maximum Gasteiger partial charge on any atom is 0.243 e. The van der Waals surface area contributed by atoms with E-state index in [0.717, 1.165) is 5.56 Å². The van der Waals surface area contributed by atoms with Gasteiger partial charge < -0.3 is 10.1 Å². The fraction of sp³-hybridized carbons (Fsp3) is 0.185. The number of nitrogens with zero attached hydrogens (tertiary/aromatic N) is 3. The summed E-state index contributed by atoms with van der Waals surface area (Å²) >= 11 is 0. The fourth-order valence-corrected chi connectivity index (χ4v) is 5.35. The summed E-state index contributed by atoms with van der Waals surface area (Å²) in [6.07, 6.45) is 0. The van der Waals surface area contributed by atoms with Crippen molar-refractivity contribution in [3.63, 3.8) is 0 Å². The Morgan fingerprint density at radius 2 is 1.58 bits per heavy atom. The lowest BCUT2D eigenvalue weighted by Crippen LogP contribution is -2.42. The molecule has 0 saturated carbocycles. The summed E-state index contributed by atoms with van der Waals surface area (Å²) in [5.41, 5.74) is 2.26. The van der Waals surface area contributed by atoms with Gasteiger partial charge >= 0.3 is 0 Å². The summed E-state index contributed by atoms with van der Waals surface area (Å²) < 4.78 is 34.5. The highest BCUT2D eigenvalue weighted by molar-refractivity contribution is 7.89. The van der Waals surface area contributed by atoms with Crippen molar-refractivity contribution in [2.75, 3.05) is 19.0 Å². The minimum Gasteiger partial charge on any atom is -0.497 e. The first kappa shape index (κ1) is 25.2. The highest BCUT2D eigenvalue weighted by atomic mass is 32.2. The Balaban J connectivity index is 1.65. The van der Waals surface area contributed by atoms with E-state index in [1.165, 1.54) is 16.4 Å². The molecule has 1 N–H and O–H groups in total. The van der Waals surface area contributed by atoms with Crippen LogP contribution in [0, 0.1) is 0 Å². The lowest BCUT2D eigenvalue weighted by molar-refractivity contribution is -0.116. The molecule has 9 heteroatoms. The number of rotatable bonds is 9. The molecule has 3 aromatic carbocycles. The summed E-state index contributed by atoms with van der Waals surface area (Å²) in [6.45, 7) is 3.13. The number of ether oxygens (including phenoxy) is 1. The van der Waals surface area contributed by atoms with Gasteiger partial charge in [-0.15, -0.1) is 0 Å². The summed E-state index contributed by atoms with van der Waals surface area (Å²) in [7, 11) is -2.27. The van der Waals surface area contributed by atoms with Gasteiger partial charge in [0.05, 0.1) is 29.9 Å². The maximum absolute atomic E-state index is 13.2. The van der Waals surface area contributed by atoms with Crippen molar-refractivity contribution in [1.29, 1.82) is 0 Å². The van der Waals surface area contributed by atoms with Crippen LogP contribution in [0.3, 0.4) is 0 Å². The predicted octanol–water partition coefficient (Wildman–Crippen LogP) is 4.59. The third kappa shape index (κ3) is 5.48. The van der Waals surface area contributed by atoms with Gasteiger partial charge in [0.2, 0.25) is 15.9 Å². The van der Waals surface area contributed by atoms with Gasteiger partial charge in [0.15, 0.2) is 0 Å². The van der Waals surface area contributed by atoms with Crippen molar-refractivity contribution in [2.45, 2.75) is 24.8 Å². The van der Waals surface area contributed by atoms with Crippen LogP contribution in [0.5, 0.6) is 5.75 Å². The Labute approximate surface area is 211 Å². The van der Waals surface area contributed by atoms with E-state index in [1.54, 1.807) is 62.0 Å². The quantitative estimate of drug-likeness (QED) is 0.360. The molecular formula is C27H28N4O4S. The van der Waals surface area contributed by atoms with Gasteiger partial charge in [0.1, 0.15) is 11.6 Å². The monoisotopic (exact) mass is 504 g/mol. The molecule has 0 aliphatic rings. The number of benzene rings is 3. The number of nitrogens with one attached hydrogen (secondary N) is 1. The number of aromatic nitrogens is 2. The molecule has 8 nitrogen and oxygen atoms in total. The van der Waals surface area contributed by atoms with Crippen LogP contribution in [0.4, 0.5) is 5.82 Å². The van der Waals surface area contributed by atoms with E-state index in [9.17, 15) is 13.2 Å². The van der Waals surface area contributed by atoms with Crippen molar-refractivity contribution in [1.82, 2.24) is 14.1 Å². The maximum atomic E-state index is 13.2. The lowest BCUT2D eigenvalue weighted by Gasteiger charge is -2.25. The molecule has 0 fully saturated rings. The Morgan fingerprint density at radius 3 is 2.17 bits per heavy atom. The smallest absolute Gasteiger partial charge is 0.243 e. The number of sulfonamides is 1. The Kier molecular flexibility index (Phi) is 7.52. The molecule has 1 amide bonds. The molecule has 4 aromatic rings. The van der Waals surface area contributed by atoms with Gasteiger partial charge in [-0.3, -0.25) is 4.79 Å². The molecule has 0 spiro atoms. The number of hydrogen-bond donors (Lipinski definition) is 1. The minimum atomic E-state index is -3.86. The third-order valence-electron chi connectivity index (χ3n) is 5.59. The number of anilines is 1. The van der Waals surface area contributed by atoms with E-state index < -0.39 is 22.0 Å². The van der Waals surface area contributed by atoms with Crippen LogP contribution in [0.25, 0.3) is 16.9 Å². The van der Waals surface area contributed by atoms with Crippen LogP contribution in [0.2, 0.25) is 0 Å². The lowest BCUT2D eigenvalue weighted by atomic mass is 10.2. The van der Waals surface area contributed by atoms with E-state index in [2.05, 4.69) is 5.32 Å². The molecule has 1 aromatic heterocycles. The number of carbonyl (C=O) groups excluding carboxylic acids is 1. The standard InChI is InChI=1S/C27H28N4O4S/c1-20(2)30(36(33,34)24-12-8-5-9-13-24)19-27(32)28-26-18-25(21-10-6-4-7-11-21)29-31(26)22-14-16-23(35-3)17-15-22/h4-18,20H,19H2,1-3H3,(H,28,32). The Hall–Kier alpha value is -3.95. The average Bonchev–Trinajstić information content (AvgIpc) is 3.31. The van der Waals surface area contributed by atoms with E-state index in [4.69, 9.17) is 9.84 Å². The summed E-state index contributed by atoms with van der Waals surface area (Å²) in [4.78, 5) is 13.3. The van der Waals surface area contributed by atoms with Crippen LogP contribution in [0.1, 0.15) is 13.8 Å². The molecule has 0 unspecified atom stereocenters. The molecule has 0 radical (unpaired) electrons. The summed E-state index contributed by atoms with van der Waals surface area (Å²) in [5, 5.41) is 7.56. The zero-order valence-electron chi connectivity index (χ0n) is 20.3. The van der Waals surface area contributed by atoms with Crippen molar-refractivity contribution >= 4 is 21.7 Å². The summed E-state index contributed by atoms with van der Waals surface area (Å²) in [5.74, 6) is 0.640. The zero-order valence-corrected chi connectivity index (χ0v) is 21.1. The molecular weight excluding hydrogens is 476 g/mol. The van der Waals surface area contributed by atoms with Crippen LogP contribution >= 0.6 is 0 Å². The normalized spacial score (nSPS) is 11.6. The average molecular weight is 505 g/mol. The molecule has 0 aliphatic heterocycles.